The molecular formula is C62H44N2. The fourth-order valence-electron chi connectivity index (χ4n) is 10.6. The minimum atomic E-state index is -0.538. The summed E-state index contributed by atoms with van der Waals surface area (Å²) in [5.74, 6) is 0. The van der Waals surface area contributed by atoms with Crippen LogP contribution in [0.2, 0.25) is 0 Å². The van der Waals surface area contributed by atoms with Crippen molar-refractivity contribution in [2.75, 3.05) is 16.8 Å². The van der Waals surface area contributed by atoms with Gasteiger partial charge in [-0.1, -0.05) is 194 Å². The lowest BCUT2D eigenvalue weighted by Crippen LogP contribution is -2.26. The maximum absolute atomic E-state index is 2.49. The van der Waals surface area contributed by atoms with Crippen LogP contribution in [0.1, 0.15) is 22.3 Å². The summed E-state index contributed by atoms with van der Waals surface area (Å²) in [4.78, 5) is 4.76. The molecule has 12 rings (SSSR count). The van der Waals surface area contributed by atoms with Crippen LogP contribution in [0.4, 0.5) is 28.4 Å². The molecule has 0 N–H and O–H groups in total. The molecule has 0 heterocycles. The van der Waals surface area contributed by atoms with Gasteiger partial charge < -0.3 is 9.80 Å². The summed E-state index contributed by atoms with van der Waals surface area (Å²) in [6.07, 6.45) is 0. The number of para-hydroxylation sites is 2. The number of anilines is 5. The molecular weight excluding hydrogens is 773 g/mol. The Morgan fingerprint density at radius 1 is 0.281 bits per heavy atom. The van der Waals surface area contributed by atoms with Gasteiger partial charge in [0, 0.05) is 40.9 Å². The van der Waals surface area contributed by atoms with Crippen LogP contribution in [0.25, 0.3) is 55.6 Å². The van der Waals surface area contributed by atoms with Crippen LogP contribution in [0.15, 0.2) is 249 Å². The maximum Gasteiger partial charge on any atom is 0.0726 e. The van der Waals surface area contributed by atoms with Crippen molar-refractivity contribution < 1.29 is 0 Å². The number of fused-ring (bicyclic) bond motifs is 10. The van der Waals surface area contributed by atoms with Crippen molar-refractivity contribution in [3.63, 3.8) is 0 Å². The predicted octanol–water partition coefficient (Wildman–Crippen LogP) is 16.3. The van der Waals surface area contributed by atoms with Gasteiger partial charge >= 0.3 is 0 Å². The zero-order chi connectivity index (χ0) is 42.6. The molecule has 0 amide bonds. The first-order valence-electron chi connectivity index (χ1n) is 22.2. The number of rotatable bonds is 8. The number of hydrogen-bond acceptors (Lipinski definition) is 2. The topological polar surface area (TPSA) is 6.48 Å². The van der Waals surface area contributed by atoms with Crippen LogP contribution < -0.4 is 9.80 Å². The van der Waals surface area contributed by atoms with Crippen LogP contribution in [-0.4, -0.2) is 7.05 Å². The minimum absolute atomic E-state index is 0.538. The Bertz CT molecular complexity index is 3240. The van der Waals surface area contributed by atoms with Gasteiger partial charge in [0.05, 0.1) is 11.1 Å². The largest absolute Gasteiger partial charge is 0.344 e. The van der Waals surface area contributed by atoms with Crippen LogP contribution in [-0.2, 0) is 5.41 Å². The minimum Gasteiger partial charge on any atom is -0.344 e. The summed E-state index contributed by atoms with van der Waals surface area (Å²) in [7, 11) is 2.17. The summed E-state index contributed by atoms with van der Waals surface area (Å²) < 4.78 is 0. The highest BCUT2D eigenvalue weighted by molar-refractivity contribution is 6.02. The first kappa shape index (κ1) is 37.6. The molecule has 0 aromatic heterocycles. The molecule has 0 saturated heterocycles. The highest BCUT2D eigenvalue weighted by Gasteiger charge is 2.52. The first-order valence-corrected chi connectivity index (χ1v) is 22.2. The quantitative estimate of drug-likeness (QED) is 0.151. The highest BCUT2D eigenvalue weighted by Crippen LogP contribution is 2.65. The number of nitrogens with zero attached hydrogens (tertiary/aromatic N) is 2. The van der Waals surface area contributed by atoms with E-state index in [1.807, 2.05) is 0 Å². The van der Waals surface area contributed by atoms with Crippen molar-refractivity contribution in [1.82, 2.24) is 0 Å². The van der Waals surface area contributed by atoms with E-state index in [-0.39, 0.29) is 0 Å². The Hall–Kier alpha value is -8.20. The molecule has 64 heavy (non-hydrogen) atoms. The van der Waals surface area contributed by atoms with E-state index < -0.39 is 5.41 Å². The Labute approximate surface area is 375 Å². The fourth-order valence-corrected chi connectivity index (χ4v) is 10.6. The van der Waals surface area contributed by atoms with Crippen molar-refractivity contribution in [2.24, 2.45) is 0 Å². The zero-order valence-electron chi connectivity index (χ0n) is 35.6. The van der Waals surface area contributed by atoms with Gasteiger partial charge in [-0.15, -0.1) is 0 Å². The smallest absolute Gasteiger partial charge is 0.0726 e. The van der Waals surface area contributed by atoms with Crippen LogP contribution in [0.5, 0.6) is 0 Å². The van der Waals surface area contributed by atoms with E-state index in [1.165, 1.54) is 83.6 Å². The lowest BCUT2D eigenvalue weighted by Gasteiger charge is -2.32. The average Bonchev–Trinajstić information content (AvgIpc) is 3.85. The summed E-state index contributed by atoms with van der Waals surface area (Å²) >= 11 is 0. The molecule has 0 radical (unpaired) electrons. The van der Waals surface area contributed by atoms with Crippen molar-refractivity contribution >= 4 is 28.4 Å². The molecule has 302 valence electrons. The Morgan fingerprint density at radius 2 is 0.719 bits per heavy atom. The Morgan fingerprint density at radius 3 is 1.34 bits per heavy atom. The molecule has 10 aromatic rings. The lowest BCUT2D eigenvalue weighted by atomic mass is 9.70. The van der Waals surface area contributed by atoms with E-state index in [1.54, 1.807) is 0 Å². The van der Waals surface area contributed by atoms with Crippen molar-refractivity contribution in [1.29, 1.82) is 0 Å². The summed E-state index contributed by atoms with van der Waals surface area (Å²) in [6, 6.07) is 91.3. The van der Waals surface area contributed by atoms with E-state index >= 15 is 0 Å². The highest BCUT2D eigenvalue weighted by atomic mass is 15.1. The average molecular weight is 817 g/mol. The van der Waals surface area contributed by atoms with Crippen LogP contribution in [0, 0.1) is 0 Å². The summed E-state index contributed by atoms with van der Waals surface area (Å²) in [6.45, 7) is 0. The molecule has 10 aromatic carbocycles. The monoisotopic (exact) mass is 816 g/mol. The van der Waals surface area contributed by atoms with Crippen LogP contribution in [0.3, 0.4) is 0 Å². The number of benzene rings is 10. The van der Waals surface area contributed by atoms with Crippen molar-refractivity contribution in [3.8, 4) is 55.6 Å². The molecule has 1 atom stereocenters. The van der Waals surface area contributed by atoms with E-state index in [0.29, 0.717) is 0 Å². The second kappa shape index (κ2) is 15.3. The SMILES string of the molecule is CN(c1ccccc1)c1ccccc1-c1ccc2c(c1)C1(c3ccccc3-2)c2ccccc2-c2c(N(c3ccc(-c4ccccc4)cc3)c3ccc(-c4ccccc4)cc3)cccc21. The normalized spacial score (nSPS) is 14.1. The second-order valence-electron chi connectivity index (χ2n) is 16.9. The van der Waals surface area contributed by atoms with E-state index in [4.69, 9.17) is 0 Å². The van der Waals surface area contributed by atoms with Gasteiger partial charge in [0.1, 0.15) is 0 Å². The van der Waals surface area contributed by atoms with E-state index in [2.05, 4.69) is 266 Å². The molecule has 2 heteroatoms. The first-order chi connectivity index (χ1) is 31.7. The maximum atomic E-state index is 2.49. The van der Waals surface area contributed by atoms with Gasteiger partial charge in [-0.05, 0) is 121 Å². The zero-order valence-corrected chi connectivity index (χ0v) is 35.6. The third kappa shape index (κ3) is 5.87. The summed E-state index contributed by atoms with van der Waals surface area (Å²) in [5.41, 5.74) is 22.7. The van der Waals surface area contributed by atoms with Crippen LogP contribution >= 0.6 is 0 Å². The predicted molar refractivity (Wildman–Crippen MR) is 268 cm³/mol. The molecule has 0 saturated carbocycles. The Kier molecular flexibility index (Phi) is 8.98. The number of hydrogen-bond donors (Lipinski definition) is 0. The summed E-state index contributed by atoms with van der Waals surface area (Å²) in [5, 5.41) is 0. The molecule has 0 bridgehead atoms. The molecule has 2 nitrogen and oxygen atoms in total. The molecule has 2 aliphatic carbocycles. The van der Waals surface area contributed by atoms with Gasteiger partial charge in [-0.3, -0.25) is 0 Å². The standard InChI is InChI=1S/C62H44N2/c1-63(48-22-9-4-10-23-48)59-30-16-13-24-51(59)47-36-41-53-52-25-11-14-27-55(52)62(58(53)42-47)56-28-15-12-26-54(56)61-57(62)29-17-31-60(61)64(49-37-32-45(33-38-49)43-18-5-2-6-19-43)50-39-34-46(35-40-50)44-20-7-3-8-21-44/h2-42H,1H3. The van der Waals surface area contributed by atoms with Crippen molar-refractivity contribution in [3.05, 3.63) is 271 Å². The second-order valence-corrected chi connectivity index (χ2v) is 16.9. The Balaban J connectivity index is 1.08. The third-order valence-electron chi connectivity index (χ3n) is 13.5. The third-order valence-corrected chi connectivity index (χ3v) is 13.5. The van der Waals surface area contributed by atoms with E-state index in [0.717, 1.165) is 22.7 Å². The molecule has 2 aliphatic rings. The molecule has 0 fully saturated rings. The lowest BCUT2D eigenvalue weighted by molar-refractivity contribution is 0.794. The van der Waals surface area contributed by atoms with Gasteiger partial charge in [0.15, 0.2) is 0 Å². The van der Waals surface area contributed by atoms with Gasteiger partial charge in [-0.2, -0.15) is 0 Å². The fraction of sp³-hybridized carbons (Fsp3) is 0.0323. The molecule has 1 spiro atoms. The molecule has 0 aliphatic heterocycles. The van der Waals surface area contributed by atoms with Crippen molar-refractivity contribution in [2.45, 2.75) is 5.41 Å². The van der Waals surface area contributed by atoms with Gasteiger partial charge in [0.25, 0.3) is 0 Å². The van der Waals surface area contributed by atoms with E-state index in [9.17, 15) is 0 Å². The van der Waals surface area contributed by atoms with Gasteiger partial charge in [0.2, 0.25) is 0 Å². The molecule has 1 unspecified atom stereocenters. The van der Waals surface area contributed by atoms with Gasteiger partial charge in [-0.25, -0.2) is 0 Å².